The van der Waals surface area contributed by atoms with E-state index in [0.717, 1.165) is 22.1 Å². The number of pyridine rings is 1. The molecular weight excluding hydrogens is 396 g/mol. The molecule has 7 heteroatoms. The first kappa shape index (κ1) is 20.2. The second-order valence-electron chi connectivity index (χ2n) is 6.95. The number of ether oxygens (including phenoxy) is 1. The summed E-state index contributed by atoms with van der Waals surface area (Å²) < 4.78 is 7.65. The number of hydrogen-bond acceptors (Lipinski definition) is 5. The number of carbonyl (C=O) groups excluding carboxylic acids is 1. The maximum Gasteiger partial charge on any atom is 0.238 e. The number of hydrogen-bond donors (Lipinski definition) is 1. The largest absolute Gasteiger partial charge is 0.492 e. The molecule has 0 bridgehead atoms. The number of aryl methyl sites for hydroxylation is 1. The Morgan fingerprint density at radius 1 is 1.13 bits per heavy atom. The number of aromatic nitrogens is 3. The predicted octanol–water partition coefficient (Wildman–Crippen LogP) is 5.10. The minimum absolute atomic E-state index is 0.0807. The van der Waals surface area contributed by atoms with Crippen LogP contribution in [0.3, 0.4) is 0 Å². The van der Waals surface area contributed by atoms with Gasteiger partial charge in [0.15, 0.2) is 10.8 Å². The quantitative estimate of drug-likeness (QED) is 0.421. The molecule has 0 saturated carbocycles. The lowest BCUT2D eigenvalue weighted by Gasteiger charge is -2.16. The van der Waals surface area contributed by atoms with E-state index in [9.17, 15) is 4.79 Å². The number of benzene rings is 2. The van der Waals surface area contributed by atoms with Gasteiger partial charge in [-0.15, -0.1) is 10.2 Å². The van der Waals surface area contributed by atoms with E-state index in [1.807, 2.05) is 60.7 Å². The zero-order chi connectivity index (χ0) is 21.1. The first-order valence-corrected chi connectivity index (χ1v) is 10.9. The van der Waals surface area contributed by atoms with Gasteiger partial charge < -0.3 is 10.1 Å². The molecule has 2 heterocycles. The van der Waals surface area contributed by atoms with Crippen LogP contribution < -0.4 is 10.1 Å². The summed E-state index contributed by atoms with van der Waals surface area (Å²) in [5, 5.41) is 13.3. The SMILES string of the molecule is CCOc1ccccc1NC(=O)C(CC)Sc1nnc2cc(C)c3ccccc3n12. The van der Waals surface area contributed by atoms with Crippen LogP contribution in [0.1, 0.15) is 25.8 Å². The minimum atomic E-state index is -0.313. The number of para-hydroxylation sites is 3. The first-order chi connectivity index (χ1) is 14.6. The molecule has 4 aromatic rings. The Bertz CT molecular complexity index is 1200. The molecule has 0 saturated heterocycles. The van der Waals surface area contributed by atoms with Crippen LogP contribution in [0.4, 0.5) is 5.69 Å². The molecule has 1 N–H and O–H groups in total. The summed E-state index contributed by atoms with van der Waals surface area (Å²) in [5.41, 5.74) is 3.65. The average Bonchev–Trinajstić information content (AvgIpc) is 3.16. The molecule has 0 fully saturated rings. The first-order valence-electron chi connectivity index (χ1n) is 10.0. The van der Waals surface area contributed by atoms with Crippen molar-refractivity contribution >= 4 is 39.9 Å². The van der Waals surface area contributed by atoms with Crippen molar-refractivity contribution in [3.63, 3.8) is 0 Å². The predicted molar refractivity (Wildman–Crippen MR) is 121 cm³/mol. The Morgan fingerprint density at radius 2 is 1.90 bits per heavy atom. The fraction of sp³-hybridized carbons (Fsp3) is 0.261. The van der Waals surface area contributed by atoms with Crippen LogP contribution in [-0.2, 0) is 4.79 Å². The highest BCUT2D eigenvalue weighted by Gasteiger charge is 2.23. The van der Waals surface area contributed by atoms with Gasteiger partial charge in [-0.25, -0.2) is 0 Å². The molecule has 30 heavy (non-hydrogen) atoms. The van der Waals surface area contributed by atoms with Crippen LogP contribution in [0.15, 0.2) is 59.8 Å². The molecule has 0 aliphatic rings. The second kappa shape index (κ2) is 8.75. The summed E-state index contributed by atoms with van der Waals surface area (Å²) in [6.45, 7) is 6.53. The van der Waals surface area contributed by atoms with Crippen molar-refractivity contribution in [2.24, 2.45) is 0 Å². The smallest absolute Gasteiger partial charge is 0.238 e. The number of amides is 1. The van der Waals surface area contributed by atoms with Crippen LogP contribution in [-0.4, -0.2) is 32.4 Å². The molecule has 6 nitrogen and oxygen atoms in total. The monoisotopic (exact) mass is 420 g/mol. The van der Waals surface area contributed by atoms with Gasteiger partial charge >= 0.3 is 0 Å². The number of nitrogens with zero attached hydrogens (tertiary/aromatic N) is 3. The molecule has 0 aliphatic heterocycles. The summed E-state index contributed by atoms with van der Waals surface area (Å²) in [6.07, 6.45) is 0.659. The summed E-state index contributed by atoms with van der Waals surface area (Å²) in [4.78, 5) is 13.0. The van der Waals surface area contributed by atoms with Crippen molar-refractivity contribution in [1.82, 2.24) is 14.6 Å². The summed E-state index contributed by atoms with van der Waals surface area (Å²) in [5.74, 6) is 0.588. The van der Waals surface area contributed by atoms with E-state index < -0.39 is 0 Å². The molecule has 1 amide bonds. The van der Waals surface area contributed by atoms with E-state index in [1.54, 1.807) is 0 Å². The van der Waals surface area contributed by atoms with E-state index in [1.165, 1.54) is 11.8 Å². The zero-order valence-corrected chi connectivity index (χ0v) is 18.1. The highest BCUT2D eigenvalue weighted by Crippen LogP contribution is 2.31. The molecule has 154 valence electrons. The van der Waals surface area contributed by atoms with E-state index >= 15 is 0 Å². The number of anilines is 1. The topological polar surface area (TPSA) is 68.5 Å². The molecule has 0 aliphatic carbocycles. The number of carbonyl (C=O) groups is 1. The van der Waals surface area contributed by atoms with Crippen molar-refractivity contribution in [1.29, 1.82) is 0 Å². The maximum absolute atomic E-state index is 13.0. The molecule has 4 rings (SSSR count). The lowest BCUT2D eigenvalue weighted by atomic mass is 10.1. The van der Waals surface area contributed by atoms with Gasteiger partial charge in [0.2, 0.25) is 5.91 Å². The second-order valence-corrected chi connectivity index (χ2v) is 8.12. The summed E-state index contributed by atoms with van der Waals surface area (Å²) >= 11 is 1.43. The summed E-state index contributed by atoms with van der Waals surface area (Å²) in [7, 11) is 0. The molecule has 1 atom stereocenters. The third-order valence-electron chi connectivity index (χ3n) is 4.93. The third kappa shape index (κ3) is 3.85. The van der Waals surface area contributed by atoms with Crippen LogP contribution in [0.25, 0.3) is 16.6 Å². The number of nitrogens with one attached hydrogen (secondary N) is 1. The van der Waals surface area contributed by atoms with Crippen LogP contribution >= 0.6 is 11.8 Å². The highest BCUT2D eigenvalue weighted by atomic mass is 32.2. The number of rotatable bonds is 7. The molecular formula is C23H24N4O2S. The van der Waals surface area contributed by atoms with Gasteiger partial charge in [-0.05, 0) is 50.1 Å². The van der Waals surface area contributed by atoms with Crippen LogP contribution in [0.2, 0.25) is 0 Å². The minimum Gasteiger partial charge on any atom is -0.492 e. The standard InChI is InChI=1S/C23H24N4O2S/c1-4-20(22(28)24-17-11-7-9-13-19(17)29-5-2)30-23-26-25-21-14-15(3)16-10-6-8-12-18(16)27(21)23/h6-14,20H,4-5H2,1-3H3,(H,24,28). The van der Waals surface area contributed by atoms with Crippen LogP contribution in [0, 0.1) is 6.92 Å². The van der Waals surface area contributed by atoms with Gasteiger partial charge in [0.1, 0.15) is 5.75 Å². The average molecular weight is 421 g/mol. The van der Waals surface area contributed by atoms with E-state index in [4.69, 9.17) is 4.74 Å². The molecule has 1 unspecified atom stereocenters. The van der Waals surface area contributed by atoms with Crippen molar-refractivity contribution < 1.29 is 9.53 Å². The lowest BCUT2D eigenvalue weighted by Crippen LogP contribution is -2.25. The zero-order valence-electron chi connectivity index (χ0n) is 17.3. The summed E-state index contributed by atoms with van der Waals surface area (Å²) in [6, 6.07) is 17.7. The highest BCUT2D eigenvalue weighted by molar-refractivity contribution is 8.00. The van der Waals surface area contributed by atoms with Gasteiger partial charge in [0.25, 0.3) is 0 Å². The Labute approximate surface area is 179 Å². The van der Waals surface area contributed by atoms with Gasteiger partial charge in [-0.3, -0.25) is 9.20 Å². The normalized spacial score (nSPS) is 12.2. The van der Waals surface area contributed by atoms with Crippen molar-refractivity contribution in [3.05, 3.63) is 60.2 Å². The Morgan fingerprint density at radius 3 is 2.70 bits per heavy atom. The van der Waals surface area contributed by atoms with E-state index in [2.05, 4.69) is 34.6 Å². The fourth-order valence-electron chi connectivity index (χ4n) is 3.47. The van der Waals surface area contributed by atoms with Crippen molar-refractivity contribution in [3.8, 4) is 5.75 Å². The van der Waals surface area contributed by atoms with E-state index in [0.29, 0.717) is 29.6 Å². The molecule has 0 spiro atoms. The van der Waals surface area contributed by atoms with Gasteiger partial charge in [0.05, 0.1) is 23.1 Å². The van der Waals surface area contributed by atoms with Gasteiger partial charge in [-0.2, -0.15) is 0 Å². The maximum atomic E-state index is 13.0. The third-order valence-corrected chi connectivity index (χ3v) is 6.24. The fourth-order valence-corrected chi connectivity index (χ4v) is 4.44. The van der Waals surface area contributed by atoms with Crippen LogP contribution in [0.5, 0.6) is 5.75 Å². The Hall–Kier alpha value is -3.06. The lowest BCUT2D eigenvalue weighted by molar-refractivity contribution is -0.115. The van der Waals surface area contributed by atoms with Gasteiger partial charge in [-0.1, -0.05) is 49.0 Å². The van der Waals surface area contributed by atoms with E-state index in [-0.39, 0.29) is 11.2 Å². The number of thioether (sulfide) groups is 1. The Kier molecular flexibility index (Phi) is 5.90. The van der Waals surface area contributed by atoms with Crippen molar-refractivity contribution in [2.75, 3.05) is 11.9 Å². The Balaban J connectivity index is 1.64. The van der Waals surface area contributed by atoms with Gasteiger partial charge in [0, 0.05) is 5.39 Å². The van der Waals surface area contributed by atoms with Crippen molar-refractivity contribution in [2.45, 2.75) is 37.6 Å². The molecule has 0 radical (unpaired) electrons. The molecule has 2 aromatic carbocycles. The number of fused-ring (bicyclic) bond motifs is 3. The molecule has 2 aromatic heterocycles.